The van der Waals surface area contributed by atoms with Gasteiger partial charge in [0.1, 0.15) is 11.7 Å². The smallest absolute Gasteiger partial charge is 0.339 e. The molecule has 0 fully saturated rings. The quantitative estimate of drug-likeness (QED) is 0.846. The minimum Gasteiger partial charge on any atom is -0.485 e. The number of hydrogen-bond acceptors (Lipinski definition) is 4. The Kier molecular flexibility index (Phi) is 3.43. The van der Waals surface area contributed by atoms with Crippen molar-refractivity contribution in [3.05, 3.63) is 23.8 Å². The molecule has 2 atom stereocenters. The average Bonchev–Trinajstić information content (AvgIpc) is 2.35. The number of likely N-dealkylation sites (N-methyl/N-ethyl adjacent to an activating group) is 1. The Balaban J connectivity index is 2.45. The topological polar surface area (TPSA) is 75.8 Å². The van der Waals surface area contributed by atoms with Crippen LogP contribution in [0.25, 0.3) is 0 Å². The van der Waals surface area contributed by atoms with Gasteiger partial charge in [-0.15, -0.1) is 0 Å². The van der Waals surface area contributed by atoms with Crippen LogP contribution < -0.4 is 15.4 Å². The Hall–Kier alpha value is -1.75. The van der Waals surface area contributed by atoms with Crippen molar-refractivity contribution in [3.63, 3.8) is 0 Å². The highest BCUT2D eigenvalue weighted by Gasteiger charge is 2.32. The first kappa shape index (κ1) is 12.7. The lowest BCUT2D eigenvalue weighted by Crippen LogP contribution is -2.47. The van der Waals surface area contributed by atoms with Crippen molar-refractivity contribution in [1.82, 2.24) is 0 Å². The summed E-state index contributed by atoms with van der Waals surface area (Å²) < 4.78 is 5.84. The van der Waals surface area contributed by atoms with Crippen LogP contribution in [-0.4, -0.2) is 36.8 Å². The van der Waals surface area contributed by atoms with Crippen LogP contribution in [0.3, 0.4) is 0 Å². The van der Waals surface area contributed by atoms with Crippen molar-refractivity contribution in [3.8, 4) is 5.75 Å². The van der Waals surface area contributed by atoms with E-state index in [1.54, 1.807) is 12.1 Å². The van der Waals surface area contributed by atoms with Gasteiger partial charge in [-0.05, 0) is 32.0 Å². The van der Waals surface area contributed by atoms with Crippen molar-refractivity contribution in [2.75, 3.05) is 18.5 Å². The number of carboxylic acids is 1. The van der Waals surface area contributed by atoms with Gasteiger partial charge in [0, 0.05) is 7.05 Å². The zero-order chi connectivity index (χ0) is 13.3. The van der Waals surface area contributed by atoms with Crippen molar-refractivity contribution in [2.45, 2.75) is 25.5 Å². The third-order valence-electron chi connectivity index (χ3n) is 3.47. The predicted molar refractivity (Wildman–Crippen MR) is 69.4 cm³/mol. The molecule has 1 heterocycles. The van der Waals surface area contributed by atoms with Crippen LogP contribution in [0.15, 0.2) is 18.2 Å². The van der Waals surface area contributed by atoms with E-state index in [1.807, 2.05) is 18.0 Å². The van der Waals surface area contributed by atoms with E-state index in [0.717, 1.165) is 5.69 Å². The van der Waals surface area contributed by atoms with Gasteiger partial charge in [-0.3, -0.25) is 0 Å². The number of nitrogens with two attached hydrogens (primary N) is 1. The number of carboxylic acid groups (broad SMARTS) is 1. The lowest BCUT2D eigenvalue weighted by Gasteiger charge is -2.40. The van der Waals surface area contributed by atoms with E-state index in [0.29, 0.717) is 18.7 Å². The molecule has 1 aromatic rings. The number of benzene rings is 1. The number of fused-ring (bicyclic) bond motifs is 1. The molecule has 0 aromatic heterocycles. The van der Waals surface area contributed by atoms with Crippen LogP contribution in [0, 0.1) is 0 Å². The number of hydrogen-bond donors (Lipinski definition) is 2. The van der Waals surface area contributed by atoms with E-state index >= 15 is 0 Å². The standard InChI is InChI=1S/C13H18N2O3/c1-8-11(6-7-14)18-12-9(13(16)17)4-3-5-10(12)15(8)2/h3-5,8,11H,6-7,14H2,1-2H3,(H,16,17). The van der Waals surface area contributed by atoms with Crippen LogP contribution in [-0.2, 0) is 0 Å². The number of carbonyl (C=O) groups is 1. The first-order valence-corrected chi connectivity index (χ1v) is 6.02. The maximum atomic E-state index is 11.2. The second-order valence-electron chi connectivity index (χ2n) is 4.54. The Morgan fingerprint density at radius 2 is 2.28 bits per heavy atom. The molecule has 0 bridgehead atoms. The molecule has 0 spiro atoms. The summed E-state index contributed by atoms with van der Waals surface area (Å²) in [5.41, 5.74) is 6.59. The summed E-state index contributed by atoms with van der Waals surface area (Å²) in [5, 5.41) is 9.19. The normalized spacial score (nSPS) is 22.3. The molecule has 5 nitrogen and oxygen atoms in total. The van der Waals surface area contributed by atoms with Crippen LogP contribution >= 0.6 is 0 Å². The molecule has 5 heteroatoms. The molecule has 0 radical (unpaired) electrons. The maximum Gasteiger partial charge on any atom is 0.339 e. The number of ether oxygens (including phenoxy) is 1. The minimum absolute atomic E-state index is 0.0759. The number of nitrogens with zero attached hydrogens (tertiary/aromatic N) is 1. The first-order valence-electron chi connectivity index (χ1n) is 6.02. The predicted octanol–water partition coefficient (Wildman–Crippen LogP) is 1.32. The molecule has 2 rings (SSSR count). The van der Waals surface area contributed by atoms with Gasteiger partial charge in [-0.2, -0.15) is 0 Å². The lowest BCUT2D eigenvalue weighted by molar-refractivity contribution is 0.0684. The van der Waals surface area contributed by atoms with Crippen LogP contribution in [0.4, 0.5) is 5.69 Å². The van der Waals surface area contributed by atoms with Gasteiger partial charge in [-0.25, -0.2) is 4.79 Å². The first-order chi connectivity index (χ1) is 8.56. The SMILES string of the molecule is CC1C(CCN)Oc2c(C(=O)O)cccc2N1C. The fourth-order valence-electron chi connectivity index (χ4n) is 2.28. The molecule has 0 amide bonds. The minimum atomic E-state index is -0.971. The third kappa shape index (κ3) is 2.01. The molecular formula is C13H18N2O3. The van der Waals surface area contributed by atoms with Crippen molar-refractivity contribution < 1.29 is 14.6 Å². The molecule has 98 valence electrons. The zero-order valence-corrected chi connectivity index (χ0v) is 10.6. The summed E-state index contributed by atoms with van der Waals surface area (Å²) in [4.78, 5) is 13.2. The van der Waals surface area contributed by atoms with Gasteiger partial charge >= 0.3 is 5.97 Å². The Labute approximate surface area is 106 Å². The van der Waals surface area contributed by atoms with Crippen LogP contribution in [0.1, 0.15) is 23.7 Å². The monoisotopic (exact) mass is 250 g/mol. The molecule has 0 saturated carbocycles. The molecule has 2 unspecified atom stereocenters. The molecule has 3 N–H and O–H groups in total. The number of aromatic carboxylic acids is 1. The van der Waals surface area contributed by atoms with E-state index in [4.69, 9.17) is 10.5 Å². The summed E-state index contributed by atoms with van der Waals surface area (Å²) in [6, 6.07) is 5.34. The van der Waals surface area contributed by atoms with Crippen molar-refractivity contribution in [2.24, 2.45) is 5.73 Å². The Morgan fingerprint density at radius 3 is 2.89 bits per heavy atom. The van der Waals surface area contributed by atoms with E-state index in [9.17, 15) is 9.90 Å². The Bertz CT molecular complexity index is 462. The van der Waals surface area contributed by atoms with E-state index in [1.165, 1.54) is 0 Å². The fraction of sp³-hybridized carbons (Fsp3) is 0.462. The number of para-hydroxylation sites is 1. The van der Waals surface area contributed by atoms with Gasteiger partial charge in [0.05, 0.1) is 11.7 Å². The number of rotatable bonds is 3. The van der Waals surface area contributed by atoms with E-state index in [-0.39, 0.29) is 17.7 Å². The molecule has 1 aromatic carbocycles. The highest BCUT2D eigenvalue weighted by atomic mass is 16.5. The van der Waals surface area contributed by atoms with Crippen LogP contribution in [0.5, 0.6) is 5.75 Å². The van der Waals surface area contributed by atoms with Gasteiger partial charge in [0.15, 0.2) is 5.75 Å². The molecule has 1 aliphatic heterocycles. The summed E-state index contributed by atoms with van der Waals surface area (Å²) in [7, 11) is 1.95. The third-order valence-corrected chi connectivity index (χ3v) is 3.47. The van der Waals surface area contributed by atoms with Crippen molar-refractivity contribution >= 4 is 11.7 Å². The molecule has 18 heavy (non-hydrogen) atoms. The van der Waals surface area contributed by atoms with Gasteiger partial charge < -0.3 is 20.5 Å². The largest absolute Gasteiger partial charge is 0.485 e. The van der Waals surface area contributed by atoms with Crippen molar-refractivity contribution in [1.29, 1.82) is 0 Å². The Morgan fingerprint density at radius 1 is 1.56 bits per heavy atom. The van der Waals surface area contributed by atoms with Crippen LogP contribution in [0.2, 0.25) is 0 Å². The highest BCUT2D eigenvalue weighted by Crippen LogP contribution is 2.38. The summed E-state index contributed by atoms with van der Waals surface area (Å²) in [6.45, 7) is 2.57. The summed E-state index contributed by atoms with van der Waals surface area (Å²) in [6.07, 6.45) is 0.631. The second-order valence-corrected chi connectivity index (χ2v) is 4.54. The molecule has 0 aliphatic carbocycles. The summed E-state index contributed by atoms with van der Waals surface area (Å²) in [5.74, 6) is -0.523. The second kappa shape index (κ2) is 4.86. The number of anilines is 1. The maximum absolute atomic E-state index is 11.2. The molecule has 1 aliphatic rings. The average molecular weight is 250 g/mol. The highest BCUT2D eigenvalue weighted by molar-refractivity contribution is 5.93. The van der Waals surface area contributed by atoms with Gasteiger partial charge in [-0.1, -0.05) is 6.07 Å². The lowest BCUT2D eigenvalue weighted by atomic mass is 10.0. The van der Waals surface area contributed by atoms with Gasteiger partial charge in [0.2, 0.25) is 0 Å². The van der Waals surface area contributed by atoms with E-state index < -0.39 is 5.97 Å². The molecule has 0 saturated heterocycles. The molecular weight excluding hydrogens is 232 g/mol. The van der Waals surface area contributed by atoms with E-state index in [2.05, 4.69) is 6.92 Å². The zero-order valence-electron chi connectivity index (χ0n) is 10.6. The fourth-order valence-corrected chi connectivity index (χ4v) is 2.28. The summed E-state index contributed by atoms with van der Waals surface area (Å²) >= 11 is 0. The van der Waals surface area contributed by atoms with Gasteiger partial charge in [0.25, 0.3) is 0 Å².